The van der Waals surface area contributed by atoms with Crippen LogP contribution < -0.4 is 10.5 Å². The van der Waals surface area contributed by atoms with Crippen molar-refractivity contribution in [2.45, 2.75) is 30.0 Å². The molecule has 2 rings (SSSR count). The van der Waals surface area contributed by atoms with E-state index in [0.29, 0.717) is 5.69 Å². The molecule has 0 saturated heterocycles. The second kappa shape index (κ2) is 4.15. The number of nitrogens with zero attached hydrogens (tertiary/aromatic N) is 1. The molecule has 7 heteroatoms. The minimum atomic E-state index is -3.47. The molecule has 0 radical (unpaired) electrons. The molecule has 1 aliphatic carbocycles. The number of hydrogen-bond donors (Lipinski definition) is 2. The van der Waals surface area contributed by atoms with Crippen LogP contribution in [0.2, 0.25) is 0 Å². The van der Waals surface area contributed by atoms with E-state index in [4.69, 9.17) is 5.73 Å². The van der Waals surface area contributed by atoms with E-state index in [1.807, 2.05) is 12.2 Å². The normalized spacial score (nSPS) is 17.1. The van der Waals surface area contributed by atoms with E-state index in [2.05, 4.69) is 9.71 Å². The molecule has 0 spiro atoms. The SMILES string of the molecule is Cc1nc(N)sc1S(=O)(=O)NC1CC=CC1. The van der Waals surface area contributed by atoms with Crippen LogP contribution in [0.15, 0.2) is 16.4 Å². The Bertz CT molecular complexity index is 511. The molecule has 1 aliphatic rings. The van der Waals surface area contributed by atoms with Crippen LogP contribution in [0, 0.1) is 6.92 Å². The Balaban J connectivity index is 2.21. The average molecular weight is 259 g/mol. The first kappa shape index (κ1) is 11.6. The second-order valence-electron chi connectivity index (χ2n) is 3.69. The number of thiazole rings is 1. The first-order valence-electron chi connectivity index (χ1n) is 4.89. The maximum atomic E-state index is 12.0. The van der Waals surface area contributed by atoms with Gasteiger partial charge in [-0.05, 0) is 19.8 Å². The summed E-state index contributed by atoms with van der Waals surface area (Å²) in [6, 6.07) is -0.0345. The van der Waals surface area contributed by atoms with Crippen LogP contribution in [0.4, 0.5) is 5.13 Å². The number of aryl methyl sites for hydroxylation is 1. The van der Waals surface area contributed by atoms with Gasteiger partial charge in [0.2, 0.25) is 0 Å². The van der Waals surface area contributed by atoms with Crippen molar-refractivity contribution >= 4 is 26.5 Å². The fraction of sp³-hybridized carbons (Fsp3) is 0.444. The van der Waals surface area contributed by atoms with Gasteiger partial charge in [-0.3, -0.25) is 0 Å². The summed E-state index contributed by atoms with van der Waals surface area (Å²) < 4.78 is 26.9. The van der Waals surface area contributed by atoms with Gasteiger partial charge in [0.25, 0.3) is 10.0 Å². The van der Waals surface area contributed by atoms with Crippen LogP contribution in [0.3, 0.4) is 0 Å². The number of sulfonamides is 1. The number of rotatable bonds is 3. The van der Waals surface area contributed by atoms with E-state index in [0.717, 1.165) is 24.2 Å². The van der Waals surface area contributed by atoms with Gasteiger partial charge < -0.3 is 5.73 Å². The highest BCUT2D eigenvalue weighted by molar-refractivity contribution is 7.91. The summed E-state index contributed by atoms with van der Waals surface area (Å²) in [6.07, 6.45) is 5.43. The lowest BCUT2D eigenvalue weighted by atomic mass is 10.3. The summed E-state index contributed by atoms with van der Waals surface area (Å²) in [5, 5.41) is 0.280. The smallest absolute Gasteiger partial charge is 0.252 e. The zero-order chi connectivity index (χ0) is 11.8. The van der Waals surface area contributed by atoms with Crippen LogP contribution in [0.5, 0.6) is 0 Å². The van der Waals surface area contributed by atoms with E-state index in [1.165, 1.54) is 0 Å². The van der Waals surface area contributed by atoms with Crippen LogP contribution in [0.25, 0.3) is 0 Å². The van der Waals surface area contributed by atoms with Crippen molar-refractivity contribution < 1.29 is 8.42 Å². The molecule has 0 bridgehead atoms. The van der Waals surface area contributed by atoms with E-state index < -0.39 is 10.0 Å². The monoisotopic (exact) mass is 259 g/mol. The lowest BCUT2D eigenvalue weighted by Crippen LogP contribution is -2.32. The molecule has 0 atom stereocenters. The van der Waals surface area contributed by atoms with E-state index in [1.54, 1.807) is 6.92 Å². The minimum absolute atomic E-state index is 0.0345. The molecule has 0 fully saturated rings. The predicted octanol–water partition coefficient (Wildman–Crippen LogP) is 1.03. The Hall–Kier alpha value is -0.920. The molecule has 3 N–H and O–H groups in total. The van der Waals surface area contributed by atoms with E-state index in [-0.39, 0.29) is 15.4 Å². The summed E-state index contributed by atoms with van der Waals surface area (Å²) in [5.41, 5.74) is 5.95. The molecule has 5 nitrogen and oxygen atoms in total. The van der Waals surface area contributed by atoms with Gasteiger partial charge in [0.05, 0.1) is 5.69 Å². The molecule has 0 unspecified atom stereocenters. The zero-order valence-corrected chi connectivity index (χ0v) is 10.4. The van der Waals surface area contributed by atoms with Gasteiger partial charge in [0.1, 0.15) is 0 Å². The molecular formula is C9H13N3O2S2. The Morgan fingerprint density at radius 2 is 2.12 bits per heavy atom. The van der Waals surface area contributed by atoms with Crippen LogP contribution in [-0.4, -0.2) is 19.4 Å². The van der Waals surface area contributed by atoms with Crippen molar-refractivity contribution in [3.05, 3.63) is 17.8 Å². The maximum absolute atomic E-state index is 12.0. The maximum Gasteiger partial charge on any atom is 0.252 e. The molecule has 88 valence electrons. The molecule has 1 heterocycles. The van der Waals surface area contributed by atoms with Gasteiger partial charge in [-0.25, -0.2) is 18.1 Å². The lowest BCUT2D eigenvalue weighted by molar-refractivity contribution is 0.559. The highest BCUT2D eigenvalue weighted by Crippen LogP contribution is 2.25. The lowest BCUT2D eigenvalue weighted by Gasteiger charge is -2.11. The molecule has 0 aliphatic heterocycles. The number of hydrogen-bond acceptors (Lipinski definition) is 5. The molecule has 16 heavy (non-hydrogen) atoms. The molecule has 0 amide bonds. The van der Waals surface area contributed by atoms with Crippen LogP contribution >= 0.6 is 11.3 Å². The quantitative estimate of drug-likeness (QED) is 0.794. The van der Waals surface area contributed by atoms with Gasteiger partial charge in [-0.15, -0.1) is 0 Å². The highest BCUT2D eigenvalue weighted by Gasteiger charge is 2.24. The van der Waals surface area contributed by atoms with Crippen LogP contribution in [0.1, 0.15) is 18.5 Å². The Labute approximate surface area is 98.4 Å². The Kier molecular flexibility index (Phi) is 3.00. The first-order chi connectivity index (χ1) is 7.49. The highest BCUT2D eigenvalue weighted by atomic mass is 32.2. The number of aromatic nitrogens is 1. The molecule has 1 aromatic rings. The molecule has 0 saturated carbocycles. The van der Waals surface area contributed by atoms with E-state index in [9.17, 15) is 8.42 Å². The summed E-state index contributed by atoms with van der Waals surface area (Å²) in [6.45, 7) is 1.65. The second-order valence-corrected chi connectivity index (χ2v) is 6.63. The number of nitrogen functional groups attached to an aromatic ring is 1. The Morgan fingerprint density at radius 3 is 2.62 bits per heavy atom. The molecule has 1 aromatic heterocycles. The van der Waals surface area contributed by atoms with Crippen molar-refractivity contribution in [1.29, 1.82) is 0 Å². The van der Waals surface area contributed by atoms with Crippen LogP contribution in [-0.2, 0) is 10.0 Å². The summed E-state index contributed by atoms with van der Waals surface area (Å²) in [7, 11) is -3.47. The van der Waals surface area contributed by atoms with Gasteiger partial charge in [-0.1, -0.05) is 23.5 Å². The van der Waals surface area contributed by atoms with Gasteiger partial charge >= 0.3 is 0 Å². The van der Waals surface area contributed by atoms with Crippen molar-refractivity contribution in [3.63, 3.8) is 0 Å². The van der Waals surface area contributed by atoms with Gasteiger partial charge in [-0.2, -0.15) is 0 Å². The van der Waals surface area contributed by atoms with Gasteiger partial charge in [0, 0.05) is 6.04 Å². The summed E-state index contributed by atoms with van der Waals surface area (Å²) in [4.78, 5) is 3.91. The van der Waals surface area contributed by atoms with Crippen molar-refractivity contribution in [3.8, 4) is 0 Å². The summed E-state index contributed by atoms with van der Waals surface area (Å²) >= 11 is 1.00. The molecule has 0 aromatic carbocycles. The van der Waals surface area contributed by atoms with Gasteiger partial charge in [0.15, 0.2) is 9.34 Å². The number of nitrogens with one attached hydrogen (secondary N) is 1. The third-order valence-corrected chi connectivity index (χ3v) is 5.46. The number of anilines is 1. The molecular weight excluding hydrogens is 246 g/mol. The third-order valence-electron chi connectivity index (χ3n) is 2.34. The number of nitrogens with two attached hydrogens (primary N) is 1. The van der Waals surface area contributed by atoms with Crippen molar-refractivity contribution in [2.75, 3.05) is 5.73 Å². The summed E-state index contributed by atoms with van der Waals surface area (Å²) in [5.74, 6) is 0. The van der Waals surface area contributed by atoms with Crippen molar-refractivity contribution in [2.24, 2.45) is 0 Å². The standard InChI is InChI=1S/C9H13N3O2S2/c1-6-8(15-9(10)11-6)16(13,14)12-7-4-2-3-5-7/h2-3,7,12H,4-5H2,1H3,(H2,10,11). The average Bonchev–Trinajstić information content (AvgIpc) is 2.75. The largest absolute Gasteiger partial charge is 0.375 e. The predicted molar refractivity (Wildman–Crippen MR) is 63.7 cm³/mol. The van der Waals surface area contributed by atoms with E-state index >= 15 is 0 Å². The first-order valence-corrected chi connectivity index (χ1v) is 7.19. The topological polar surface area (TPSA) is 85.1 Å². The van der Waals surface area contributed by atoms with Crippen molar-refractivity contribution in [1.82, 2.24) is 9.71 Å². The Morgan fingerprint density at radius 1 is 1.50 bits per heavy atom. The zero-order valence-electron chi connectivity index (χ0n) is 8.80. The minimum Gasteiger partial charge on any atom is -0.375 e. The third kappa shape index (κ3) is 2.26. The fourth-order valence-electron chi connectivity index (χ4n) is 1.64. The fourth-order valence-corrected chi connectivity index (χ4v) is 4.22.